The largest absolute Gasteiger partial charge is 0.375 e. The van der Waals surface area contributed by atoms with Crippen molar-refractivity contribution >= 4 is 10.9 Å². The molecule has 0 spiro atoms. The number of nitrogens with zero attached hydrogens (tertiary/aromatic N) is 1. The van der Waals surface area contributed by atoms with E-state index in [9.17, 15) is 0 Å². The zero-order chi connectivity index (χ0) is 14.2. The molecule has 0 aliphatic carbocycles. The second-order valence-corrected chi connectivity index (χ2v) is 6.27. The highest BCUT2D eigenvalue weighted by Gasteiger charge is 2.44. The van der Waals surface area contributed by atoms with Crippen LogP contribution in [0, 0.1) is 5.92 Å². The van der Waals surface area contributed by atoms with E-state index in [1.54, 1.807) is 0 Å². The molecule has 4 unspecified atom stereocenters. The zero-order valence-electron chi connectivity index (χ0n) is 12.5. The molecule has 2 bridgehead atoms. The average Bonchev–Trinajstić information content (AvgIpc) is 3.15. The summed E-state index contributed by atoms with van der Waals surface area (Å²) < 4.78 is 6.06. The quantitative estimate of drug-likeness (QED) is 0.932. The number of rotatable bonds is 4. The second-order valence-electron chi connectivity index (χ2n) is 6.27. The third kappa shape index (κ3) is 2.34. The van der Waals surface area contributed by atoms with Gasteiger partial charge in [0.15, 0.2) is 0 Å². The summed E-state index contributed by atoms with van der Waals surface area (Å²) >= 11 is 0. The predicted molar refractivity (Wildman–Crippen MR) is 84.2 cm³/mol. The third-order valence-corrected chi connectivity index (χ3v) is 4.98. The number of benzene rings is 1. The van der Waals surface area contributed by atoms with Gasteiger partial charge in [0.2, 0.25) is 0 Å². The molecule has 3 heteroatoms. The van der Waals surface area contributed by atoms with Gasteiger partial charge < -0.3 is 10.1 Å². The maximum atomic E-state index is 6.06. The van der Waals surface area contributed by atoms with E-state index in [-0.39, 0.29) is 0 Å². The lowest BCUT2D eigenvalue weighted by Gasteiger charge is -2.29. The average molecular weight is 282 g/mol. The van der Waals surface area contributed by atoms with Crippen molar-refractivity contribution < 1.29 is 4.74 Å². The van der Waals surface area contributed by atoms with Gasteiger partial charge in [0.1, 0.15) is 0 Å². The molecule has 3 nitrogen and oxygen atoms in total. The first-order valence-corrected chi connectivity index (χ1v) is 8.08. The van der Waals surface area contributed by atoms with Crippen LogP contribution in [0.5, 0.6) is 0 Å². The van der Waals surface area contributed by atoms with Crippen molar-refractivity contribution in [2.75, 3.05) is 6.54 Å². The standard InChI is InChI=1S/C18H22N2O/c1-2-19-18(15-10-14-7-8-17(15)21-14)13-9-12-5-3-4-6-16(12)20-11-13/h3-6,9,11,14-15,17-19H,2,7-8,10H2,1H3. The van der Waals surface area contributed by atoms with E-state index in [0.29, 0.717) is 24.2 Å². The normalized spacial score (nSPS) is 29.1. The number of hydrogen-bond acceptors (Lipinski definition) is 3. The van der Waals surface area contributed by atoms with E-state index in [4.69, 9.17) is 4.74 Å². The molecule has 1 aromatic heterocycles. The van der Waals surface area contributed by atoms with E-state index in [1.807, 2.05) is 12.3 Å². The Morgan fingerprint density at radius 3 is 3.00 bits per heavy atom. The van der Waals surface area contributed by atoms with Gasteiger partial charge >= 0.3 is 0 Å². The zero-order valence-corrected chi connectivity index (χ0v) is 12.5. The summed E-state index contributed by atoms with van der Waals surface area (Å²) in [6.45, 7) is 3.15. The van der Waals surface area contributed by atoms with Gasteiger partial charge in [-0.1, -0.05) is 25.1 Å². The first kappa shape index (κ1) is 13.2. The van der Waals surface area contributed by atoms with Crippen LogP contribution in [0.2, 0.25) is 0 Å². The first-order chi connectivity index (χ1) is 10.3. The second kappa shape index (κ2) is 5.39. The number of ether oxygens (including phenoxy) is 1. The van der Waals surface area contributed by atoms with E-state index in [2.05, 4.69) is 41.5 Å². The van der Waals surface area contributed by atoms with Crippen molar-refractivity contribution in [3.8, 4) is 0 Å². The van der Waals surface area contributed by atoms with Crippen LogP contribution in [0.15, 0.2) is 36.5 Å². The first-order valence-electron chi connectivity index (χ1n) is 8.08. The molecule has 110 valence electrons. The van der Waals surface area contributed by atoms with Gasteiger partial charge in [0.05, 0.1) is 17.7 Å². The van der Waals surface area contributed by atoms with Crippen LogP contribution in [0.3, 0.4) is 0 Å². The molecule has 4 rings (SSSR count). The van der Waals surface area contributed by atoms with E-state index in [0.717, 1.165) is 12.1 Å². The van der Waals surface area contributed by atoms with Gasteiger partial charge in [-0.2, -0.15) is 0 Å². The maximum Gasteiger partial charge on any atom is 0.0702 e. The lowest BCUT2D eigenvalue weighted by Crippen LogP contribution is -2.33. The fourth-order valence-corrected chi connectivity index (χ4v) is 4.02. The monoisotopic (exact) mass is 282 g/mol. The fraction of sp³-hybridized carbons (Fsp3) is 0.500. The summed E-state index contributed by atoms with van der Waals surface area (Å²) in [7, 11) is 0. The van der Waals surface area contributed by atoms with Crippen LogP contribution in [-0.2, 0) is 4.74 Å². The Balaban J connectivity index is 1.68. The van der Waals surface area contributed by atoms with Crippen molar-refractivity contribution in [3.05, 3.63) is 42.1 Å². The van der Waals surface area contributed by atoms with Crippen LogP contribution in [0.4, 0.5) is 0 Å². The van der Waals surface area contributed by atoms with E-state index >= 15 is 0 Å². The minimum Gasteiger partial charge on any atom is -0.375 e. The lowest BCUT2D eigenvalue weighted by atomic mass is 9.81. The molecule has 1 N–H and O–H groups in total. The summed E-state index contributed by atoms with van der Waals surface area (Å²) in [6.07, 6.45) is 6.63. The Morgan fingerprint density at radius 1 is 1.33 bits per heavy atom. The van der Waals surface area contributed by atoms with Gasteiger partial charge in [-0.25, -0.2) is 0 Å². The molecule has 0 radical (unpaired) electrons. The molecular weight excluding hydrogens is 260 g/mol. The highest BCUT2D eigenvalue weighted by molar-refractivity contribution is 5.78. The Morgan fingerprint density at radius 2 is 2.24 bits per heavy atom. The molecule has 0 amide bonds. The predicted octanol–water partition coefficient (Wildman–Crippen LogP) is 3.45. The molecule has 4 atom stereocenters. The number of hydrogen-bond donors (Lipinski definition) is 1. The molecule has 2 fully saturated rings. The van der Waals surface area contributed by atoms with Crippen molar-refractivity contribution in [1.29, 1.82) is 0 Å². The van der Waals surface area contributed by atoms with Gasteiger partial charge in [-0.15, -0.1) is 0 Å². The molecule has 2 aliphatic rings. The van der Waals surface area contributed by atoms with Crippen LogP contribution in [0.1, 0.15) is 37.8 Å². The van der Waals surface area contributed by atoms with Crippen LogP contribution >= 0.6 is 0 Å². The highest BCUT2D eigenvalue weighted by Crippen LogP contribution is 2.44. The van der Waals surface area contributed by atoms with Gasteiger partial charge in [0.25, 0.3) is 0 Å². The summed E-state index contributed by atoms with van der Waals surface area (Å²) in [4.78, 5) is 4.64. The topological polar surface area (TPSA) is 34.2 Å². The third-order valence-electron chi connectivity index (χ3n) is 4.98. The minimum absolute atomic E-state index is 0.363. The molecule has 2 saturated heterocycles. The number of aromatic nitrogens is 1. The Bertz CT molecular complexity index is 642. The van der Waals surface area contributed by atoms with Gasteiger partial charge in [0, 0.05) is 23.5 Å². The Hall–Kier alpha value is -1.45. The van der Waals surface area contributed by atoms with Crippen molar-refractivity contribution in [2.45, 2.75) is 44.4 Å². The Labute approximate surface area is 125 Å². The van der Waals surface area contributed by atoms with Gasteiger partial charge in [-0.3, -0.25) is 4.98 Å². The van der Waals surface area contributed by atoms with E-state index < -0.39 is 0 Å². The number of para-hydroxylation sites is 1. The highest BCUT2D eigenvalue weighted by atomic mass is 16.5. The van der Waals surface area contributed by atoms with Crippen molar-refractivity contribution in [1.82, 2.24) is 10.3 Å². The lowest BCUT2D eigenvalue weighted by molar-refractivity contribution is 0.0858. The Kier molecular flexibility index (Phi) is 3.40. The smallest absolute Gasteiger partial charge is 0.0702 e. The van der Waals surface area contributed by atoms with Crippen LogP contribution in [0.25, 0.3) is 10.9 Å². The minimum atomic E-state index is 0.363. The van der Waals surface area contributed by atoms with Crippen LogP contribution < -0.4 is 5.32 Å². The molecule has 21 heavy (non-hydrogen) atoms. The van der Waals surface area contributed by atoms with Crippen molar-refractivity contribution in [3.63, 3.8) is 0 Å². The van der Waals surface area contributed by atoms with Gasteiger partial charge in [-0.05, 0) is 43.5 Å². The fourth-order valence-electron chi connectivity index (χ4n) is 4.02. The summed E-state index contributed by atoms with van der Waals surface area (Å²) in [6, 6.07) is 11.0. The molecule has 3 heterocycles. The van der Waals surface area contributed by atoms with Crippen molar-refractivity contribution in [2.24, 2.45) is 5.92 Å². The number of fused-ring (bicyclic) bond motifs is 3. The molecule has 2 aromatic rings. The molecule has 1 aromatic carbocycles. The molecule has 0 saturated carbocycles. The molecule has 2 aliphatic heterocycles. The van der Waals surface area contributed by atoms with E-state index in [1.165, 1.54) is 30.2 Å². The summed E-state index contributed by atoms with van der Waals surface area (Å²) in [5, 5.41) is 4.89. The molecular formula is C18H22N2O. The van der Waals surface area contributed by atoms with Crippen LogP contribution in [-0.4, -0.2) is 23.7 Å². The SMILES string of the molecule is CCNC(c1cnc2ccccc2c1)C1CC2CCC1O2. The summed E-state index contributed by atoms with van der Waals surface area (Å²) in [5.41, 5.74) is 2.37. The maximum absolute atomic E-state index is 6.06. The summed E-state index contributed by atoms with van der Waals surface area (Å²) in [5.74, 6) is 0.590. The number of nitrogens with one attached hydrogen (secondary N) is 1. The number of pyridine rings is 1.